The summed E-state index contributed by atoms with van der Waals surface area (Å²) in [5, 5.41) is 12.2. The molecule has 1 amide bonds. The van der Waals surface area contributed by atoms with Gasteiger partial charge in [0.2, 0.25) is 0 Å². The van der Waals surface area contributed by atoms with Gasteiger partial charge < -0.3 is 20.9 Å². The minimum Gasteiger partial charge on any atom is -0.399 e. The standard InChI is InChI=1S/C13H17FN2O3/c14-11-2-1-9(15)7-10(11)12(18)16-13(8-17)3-5-19-6-4-13/h1-2,7,17H,3-6,8,15H2,(H,16,18). The molecule has 5 nitrogen and oxygen atoms in total. The molecule has 6 heteroatoms. The number of nitrogen functional groups attached to an aromatic ring is 1. The van der Waals surface area contributed by atoms with E-state index in [0.29, 0.717) is 31.7 Å². The summed E-state index contributed by atoms with van der Waals surface area (Å²) in [7, 11) is 0. The number of carbonyl (C=O) groups is 1. The minimum atomic E-state index is -0.744. The summed E-state index contributed by atoms with van der Waals surface area (Å²) in [6.45, 7) is 0.715. The molecule has 0 saturated carbocycles. The second kappa shape index (κ2) is 5.54. The highest BCUT2D eigenvalue weighted by molar-refractivity contribution is 5.95. The Bertz CT molecular complexity index is 473. The largest absolute Gasteiger partial charge is 0.399 e. The molecule has 1 aliphatic rings. The summed E-state index contributed by atoms with van der Waals surface area (Å²) in [5.74, 6) is -1.20. The molecule has 104 valence electrons. The number of aliphatic hydroxyl groups is 1. The zero-order valence-electron chi connectivity index (χ0n) is 10.5. The molecular weight excluding hydrogens is 251 g/mol. The lowest BCUT2D eigenvalue weighted by molar-refractivity contribution is 0.0124. The van der Waals surface area contributed by atoms with E-state index in [9.17, 15) is 14.3 Å². The van der Waals surface area contributed by atoms with Gasteiger partial charge in [-0.25, -0.2) is 4.39 Å². The SMILES string of the molecule is Nc1ccc(F)c(C(=O)NC2(CO)CCOCC2)c1. The number of nitrogens with two attached hydrogens (primary N) is 1. The number of nitrogens with one attached hydrogen (secondary N) is 1. The number of anilines is 1. The molecule has 0 bridgehead atoms. The van der Waals surface area contributed by atoms with Crippen molar-refractivity contribution in [2.45, 2.75) is 18.4 Å². The average molecular weight is 268 g/mol. The Morgan fingerprint density at radius 1 is 1.47 bits per heavy atom. The van der Waals surface area contributed by atoms with Crippen LogP contribution in [0, 0.1) is 5.82 Å². The van der Waals surface area contributed by atoms with E-state index in [1.54, 1.807) is 0 Å². The van der Waals surface area contributed by atoms with Crippen LogP contribution in [0.25, 0.3) is 0 Å². The maximum atomic E-state index is 13.6. The number of aliphatic hydroxyl groups excluding tert-OH is 1. The number of halogens is 1. The van der Waals surface area contributed by atoms with Crippen LogP contribution in [0.15, 0.2) is 18.2 Å². The number of ether oxygens (including phenoxy) is 1. The second-order valence-electron chi connectivity index (χ2n) is 4.74. The van der Waals surface area contributed by atoms with Crippen molar-refractivity contribution in [2.75, 3.05) is 25.6 Å². The molecule has 2 rings (SSSR count). The van der Waals surface area contributed by atoms with Gasteiger partial charge in [0.15, 0.2) is 0 Å². The van der Waals surface area contributed by atoms with Gasteiger partial charge in [0.25, 0.3) is 5.91 Å². The monoisotopic (exact) mass is 268 g/mol. The van der Waals surface area contributed by atoms with Crippen molar-refractivity contribution in [1.82, 2.24) is 5.32 Å². The van der Waals surface area contributed by atoms with Gasteiger partial charge in [0, 0.05) is 18.9 Å². The summed E-state index contributed by atoms with van der Waals surface area (Å²) < 4.78 is 18.8. The zero-order chi connectivity index (χ0) is 13.9. The highest BCUT2D eigenvalue weighted by Gasteiger charge is 2.34. The maximum Gasteiger partial charge on any atom is 0.254 e. The molecule has 0 atom stereocenters. The van der Waals surface area contributed by atoms with Crippen molar-refractivity contribution in [1.29, 1.82) is 0 Å². The highest BCUT2D eigenvalue weighted by atomic mass is 19.1. The van der Waals surface area contributed by atoms with Crippen LogP contribution in [0.3, 0.4) is 0 Å². The van der Waals surface area contributed by atoms with E-state index in [4.69, 9.17) is 10.5 Å². The van der Waals surface area contributed by atoms with E-state index in [2.05, 4.69) is 5.32 Å². The van der Waals surface area contributed by atoms with E-state index in [-0.39, 0.29) is 12.2 Å². The Hall–Kier alpha value is -1.66. The first kappa shape index (κ1) is 13.8. The van der Waals surface area contributed by atoms with Gasteiger partial charge in [-0.15, -0.1) is 0 Å². The van der Waals surface area contributed by atoms with Gasteiger partial charge in [-0.3, -0.25) is 4.79 Å². The van der Waals surface area contributed by atoms with E-state index in [0.717, 1.165) is 6.07 Å². The Morgan fingerprint density at radius 2 is 2.16 bits per heavy atom. The van der Waals surface area contributed by atoms with Gasteiger partial charge in [0.05, 0.1) is 17.7 Å². The van der Waals surface area contributed by atoms with Crippen LogP contribution in [0.5, 0.6) is 0 Å². The molecular formula is C13H17FN2O3. The van der Waals surface area contributed by atoms with Crippen molar-refractivity contribution >= 4 is 11.6 Å². The van der Waals surface area contributed by atoms with E-state index < -0.39 is 17.3 Å². The molecule has 1 saturated heterocycles. The third-order valence-electron chi connectivity index (χ3n) is 3.37. The molecule has 0 radical (unpaired) electrons. The minimum absolute atomic E-state index is 0.112. The molecule has 1 aromatic rings. The van der Waals surface area contributed by atoms with Crippen LogP contribution in [-0.4, -0.2) is 36.4 Å². The highest BCUT2D eigenvalue weighted by Crippen LogP contribution is 2.21. The van der Waals surface area contributed by atoms with Crippen molar-refractivity contribution in [3.05, 3.63) is 29.6 Å². The summed E-state index contributed by atoms with van der Waals surface area (Å²) >= 11 is 0. The second-order valence-corrected chi connectivity index (χ2v) is 4.74. The summed E-state index contributed by atoms with van der Waals surface area (Å²) in [6, 6.07) is 3.83. The van der Waals surface area contributed by atoms with Gasteiger partial charge in [-0.05, 0) is 31.0 Å². The van der Waals surface area contributed by atoms with E-state index >= 15 is 0 Å². The smallest absolute Gasteiger partial charge is 0.254 e. The number of benzene rings is 1. The number of hydrogen-bond acceptors (Lipinski definition) is 4. The average Bonchev–Trinajstić information content (AvgIpc) is 2.42. The molecule has 0 spiro atoms. The molecule has 0 aromatic heterocycles. The van der Waals surface area contributed by atoms with Crippen LogP contribution in [0.1, 0.15) is 23.2 Å². The lowest BCUT2D eigenvalue weighted by Gasteiger charge is -2.36. The van der Waals surface area contributed by atoms with Crippen molar-refractivity contribution in [3.8, 4) is 0 Å². The number of hydrogen-bond donors (Lipinski definition) is 3. The van der Waals surface area contributed by atoms with E-state index in [1.807, 2.05) is 0 Å². The molecule has 1 fully saturated rings. The van der Waals surface area contributed by atoms with Gasteiger partial charge in [-0.1, -0.05) is 0 Å². The number of carbonyl (C=O) groups excluding carboxylic acids is 1. The van der Waals surface area contributed by atoms with Gasteiger partial charge in [0.1, 0.15) is 5.82 Å². The molecule has 0 aliphatic carbocycles. The fourth-order valence-corrected chi connectivity index (χ4v) is 2.11. The first-order valence-electron chi connectivity index (χ1n) is 6.12. The lowest BCUT2D eigenvalue weighted by atomic mass is 9.90. The molecule has 19 heavy (non-hydrogen) atoms. The first-order chi connectivity index (χ1) is 9.06. The van der Waals surface area contributed by atoms with E-state index in [1.165, 1.54) is 12.1 Å². The van der Waals surface area contributed by atoms with Crippen molar-refractivity contribution in [3.63, 3.8) is 0 Å². The predicted octanol–water partition coefficient (Wildman–Crippen LogP) is 0.679. The summed E-state index contributed by atoms with van der Waals surface area (Å²) in [6.07, 6.45) is 0.998. The molecule has 1 heterocycles. The Balaban J connectivity index is 2.17. The van der Waals surface area contributed by atoms with Crippen LogP contribution in [0.4, 0.5) is 10.1 Å². The quantitative estimate of drug-likeness (QED) is 0.704. The Kier molecular flexibility index (Phi) is 4.01. The van der Waals surface area contributed by atoms with Crippen LogP contribution >= 0.6 is 0 Å². The van der Waals surface area contributed by atoms with Gasteiger partial charge in [-0.2, -0.15) is 0 Å². The normalized spacial score (nSPS) is 18.0. The number of amides is 1. The fraction of sp³-hybridized carbons (Fsp3) is 0.462. The maximum absolute atomic E-state index is 13.6. The third kappa shape index (κ3) is 3.02. The van der Waals surface area contributed by atoms with Crippen LogP contribution < -0.4 is 11.1 Å². The summed E-state index contributed by atoms with van der Waals surface area (Å²) in [4.78, 5) is 12.1. The Labute approximate surface area is 110 Å². The van der Waals surface area contributed by atoms with Crippen molar-refractivity contribution < 1.29 is 19.0 Å². The molecule has 1 aromatic carbocycles. The molecule has 4 N–H and O–H groups in total. The molecule has 0 unspecified atom stereocenters. The van der Waals surface area contributed by atoms with Crippen LogP contribution in [0.2, 0.25) is 0 Å². The first-order valence-corrected chi connectivity index (χ1v) is 6.12. The van der Waals surface area contributed by atoms with Crippen molar-refractivity contribution in [2.24, 2.45) is 0 Å². The lowest BCUT2D eigenvalue weighted by Crippen LogP contribution is -2.54. The summed E-state index contributed by atoms with van der Waals surface area (Å²) in [5.41, 5.74) is 5.01. The topological polar surface area (TPSA) is 84.6 Å². The fourth-order valence-electron chi connectivity index (χ4n) is 2.11. The van der Waals surface area contributed by atoms with Gasteiger partial charge >= 0.3 is 0 Å². The van der Waals surface area contributed by atoms with Crippen LogP contribution in [-0.2, 0) is 4.74 Å². The predicted molar refractivity (Wildman–Crippen MR) is 68.1 cm³/mol. The zero-order valence-corrected chi connectivity index (χ0v) is 10.5. The Morgan fingerprint density at radius 3 is 2.79 bits per heavy atom. The number of rotatable bonds is 3. The third-order valence-corrected chi connectivity index (χ3v) is 3.37. The molecule has 1 aliphatic heterocycles.